The lowest BCUT2D eigenvalue weighted by Crippen LogP contribution is -2.46. The first-order valence-corrected chi connectivity index (χ1v) is 14.1. The van der Waals surface area contributed by atoms with Crippen LogP contribution in [-0.2, 0) is 26.1 Å². The molecule has 5 rings (SSSR count). The summed E-state index contributed by atoms with van der Waals surface area (Å²) < 4.78 is 0. The van der Waals surface area contributed by atoms with Gasteiger partial charge in [0.05, 0.1) is 13.2 Å². The van der Waals surface area contributed by atoms with Crippen molar-refractivity contribution in [2.24, 2.45) is 0 Å². The fourth-order valence-electron chi connectivity index (χ4n) is 6.32. The van der Waals surface area contributed by atoms with Gasteiger partial charge in [-0.15, -0.1) is 0 Å². The molecule has 4 aliphatic rings. The van der Waals surface area contributed by atoms with Crippen LogP contribution in [0.3, 0.4) is 0 Å². The van der Waals surface area contributed by atoms with Gasteiger partial charge in [0.1, 0.15) is 5.75 Å². The Morgan fingerprint density at radius 2 is 1.46 bits per heavy atom. The Labute approximate surface area is 210 Å². The summed E-state index contributed by atoms with van der Waals surface area (Å²) in [6.07, 6.45) is 13.0. The van der Waals surface area contributed by atoms with Gasteiger partial charge in [-0.2, -0.15) is 9.78 Å². The van der Waals surface area contributed by atoms with Crippen LogP contribution >= 0.6 is 0 Å². The second-order valence-electron chi connectivity index (χ2n) is 11.0. The first-order valence-electron chi connectivity index (χ1n) is 14.1. The highest BCUT2D eigenvalue weighted by Gasteiger charge is 2.41. The number of benzene rings is 1. The van der Waals surface area contributed by atoms with E-state index in [1.54, 1.807) is 0 Å². The van der Waals surface area contributed by atoms with Crippen LogP contribution in [0.4, 0.5) is 0 Å². The van der Waals surface area contributed by atoms with Gasteiger partial charge in [0.15, 0.2) is 0 Å². The Hall–Kier alpha value is -1.22. The molecule has 1 spiro atoms. The molecule has 0 unspecified atom stereocenters. The molecule has 3 saturated heterocycles. The highest BCUT2D eigenvalue weighted by atomic mass is 17.3. The maximum absolute atomic E-state index is 10.6. The van der Waals surface area contributed by atoms with Crippen molar-refractivity contribution in [1.29, 1.82) is 0 Å². The van der Waals surface area contributed by atoms with E-state index in [0.717, 1.165) is 76.2 Å². The summed E-state index contributed by atoms with van der Waals surface area (Å²) in [5.74, 6) is 0.0409. The smallest absolute Gasteiger partial charge is 0.234 e. The summed E-state index contributed by atoms with van der Waals surface area (Å²) in [6, 6.07) is 6.96. The van der Waals surface area contributed by atoms with Crippen molar-refractivity contribution in [3.8, 4) is 5.75 Å². The summed E-state index contributed by atoms with van der Waals surface area (Å²) in [6.45, 7) is 6.83. The molecule has 3 aliphatic heterocycles. The first-order chi connectivity index (χ1) is 17.2. The molecule has 1 aliphatic carbocycles. The molecule has 1 N–H and O–H groups in total. The molecule has 7 heteroatoms. The fourth-order valence-corrected chi connectivity index (χ4v) is 6.32. The average molecular weight is 489 g/mol. The summed E-state index contributed by atoms with van der Waals surface area (Å²) in [5, 5.41) is 10.6. The molecule has 196 valence electrons. The van der Waals surface area contributed by atoms with Crippen LogP contribution in [0.5, 0.6) is 5.75 Å². The van der Waals surface area contributed by atoms with E-state index >= 15 is 0 Å². The molecule has 35 heavy (non-hydrogen) atoms. The minimum absolute atomic E-state index is 0.417. The normalized spacial score (nSPS) is 26.6. The van der Waals surface area contributed by atoms with Gasteiger partial charge >= 0.3 is 0 Å². The molecule has 3 heterocycles. The number of phenols is 1. The first kappa shape index (κ1) is 25.4. The van der Waals surface area contributed by atoms with Crippen molar-refractivity contribution >= 4 is 0 Å². The van der Waals surface area contributed by atoms with Crippen molar-refractivity contribution < 1.29 is 24.7 Å². The molecule has 1 aromatic rings. The Balaban J connectivity index is 1.15. The Kier molecular flexibility index (Phi) is 8.97. The van der Waals surface area contributed by atoms with Gasteiger partial charge in [0.2, 0.25) is 5.79 Å². The third-order valence-corrected chi connectivity index (χ3v) is 8.56. The predicted molar refractivity (Wildman–Crippen MR) is 134 cm³/mol. The van der Waals surface area contributed by atoms with E-state index in [9.17, 15) is 5.11 Å². The lowest BCUT2D eigenvalue weighted by molar-refractivity contribution is -0.519. The van der Waals surface area contributed by atoms with Crippen molar-refractivity contribution in [3.63, 3.8) is 0 Å². The molecule has 0 aromatic heterocycles. The van der Waals surface area contributed by atoms with E-state index in [1.807, 2.05) is 6.07 Å². The predicted octanol–water partition coefficient (Wildman–Crippen LogP) is 5.28. The number of rotatable bonds is 4. The SMILES string of the molecule is Oc1ccc(C2CCC3(CC2)OOCCCCCOO3)cc1CN1CCC(N2CCCCC2)CC1. The molecule has 0 radical (unpaired) electrons. The van der Waals surface area contributed by atoms with Gasteiger partial charge in [-0.05, 0) is 102 Å². The Morgan fingerprint density at radius 1 is 0.800 bits per heavy atom. The van der Waals surface area contributed by atoms with Crippen LogP contribution in [0.1, 0.15) is 94.1 Å². The van der Waals surface area contributed by atoms with Crippen molar-refractivity contribution in [1.82, 2.24) is 9.80 Å². The Morgan fingerprint density at radius 3 is 2.14 bits per heavy atom. The zero-order chi connectivity index (χ0) is 23.9. The maximum Gasteiger partial charge on any atom is 0.234 e. The zero-order valence-corrected chi connectivity index (χ0v) is 21.3. The monoisotopic (exact) mass is 488 g/mol. The van der Waals surface area contributed by atoms with E-state index in [-0.39, 0.29) is 0 Å². The number of phenolic OH excluding ortho intramolecular Hbond substituents is 1. The molecule has 0 amide bonds. The topological polar surface area (TPSA) is 63.6 Å². The molecule has 1 saturated carbocycles. The highest BCUT2D eigenvalue weighted by Crippen LogP contribution is 2.42. The molecule has 0 atom stereocenters. The average Bonchev–Trinajstić information content (AvgIpc) is 2.91. The summed E-state index contributed by atoms with van der Waals surface area (Å²) >= 11 is 0. The van der Waals surface area contributed by atoms with Gasteiger partial charge in [-0.1, -0.05) is 18.6 Å². The summed E-state index contributed by atoms with van der Waals surface area (Å²) in [4.78, 5) is 27.6. The van der Waals surface area contributed by atoms with Crippen LogP contribution in [-0.4, -0.2) is 66.1 Å². The van der Waals surface area contributed by atoms with Gasteiger partial charge in [-0.25, -0.2) is 9.78 Å². The van der Waals surface area contributed by atoms with E-state index in [1.165, 1.54) is 50.8 Å². The van der Waals surface area contributed by atoms with E-state index in [4.69, 9.17) is 19.6 Å². The van der Waals surface area contributed by atoms with Crippen LogP contribution in [0.15, 0.2) is 18.2 Å². The Bertz CT molecular complexity index is 772. The molecule has 0 bridgehead atoms. The molecule has 7 nitrogen and oxygen atoms in total. The van der Waals surface area contributed by atoms with Crippen molar-refractivity contribution in [3.05, 3.63) is 29.3 Å². The second kappa shape index (κ2) is 12.3. The van der Waals surface area contributed by atoms with Gasteiger partial charge in [0, 0.05) is 31.0 Å². The fraction of sp³-hybridized carbons (Fsp3) is 0.786. The van der Waals surface area contributed by atoms with Crippen LogP contribution in [0, 0.1) is 0 Å². The largest absolute Gasteiger partial charge is 0.508 e. The van der Waals surface area contributed by atoms with E-state index in [2.05, 4.69) is 21.9 Å². The summed E-state index contributed by atoms with van der Waals surface area (Å²) in [7, 11) is 0. The van der Waals surface area contributed by atoms with Crippen LogP contribution < -0.4 is 0 Å². The van der Waals surface area contributed by atoms with Gasteiger partial charge in [0.25, 0.3) is 0 Å². The number of piperidine rings is 2. The third-order valence-electron chi connectivity index (χ3n) is 8.56. The summed E-state index contributed by atoms with van der Waals surface area (Å²) in [5.41, 5.74) is 2.36. The quantitative estimate of drug-likeness (QED) is 0.579. The van der Waals surface area contributed by atoms with Gasteiger partial charge < -0.3 is 10.0 Å². The van der Waals surface area contributed by atoms with Crippen LogP contribution in [0.2, 0.25) is 0 Å². The zero-order valence-electron chi connectivity index (χ0n) is 21.3. The van der Waals surface area contributed by atoms with Crippen LogP contribution in [0.25, 0.3) is 0 Å². The number of aromatic hydroxyl groups is 1. The molecule has 4 fully saturated rings. The number of hydrogen-bond acceptors (Lipinski definition) is 7. The number of nitrogens with zero attached hydrogens (tertiary/aromatic N) is 2. The standard InChI is InChI=1S/C28H44N2O5/c31-27-8-7-24(23-9-13-28(14-10-23)34-32-19-5-2-6-20-33-35-28)21-25(27)22-29-17-11-26(12-18-29)30-15-3-1-4-16-30/h7-8,21,23,26,31H,1-6,9-20,22H2. The lowest BCUT2D eigenvalue weighted by atomic mass is 9.80. The van der Waals surface area contributed by atoms with Gasteiger partial charge in [-0.3, -0.25) is 4.90 Å². The third kappa shape index (κ3) is 6.76. The van der Waals surface area contributed by atoms with E-state index < -0.39 is 5.79 Å². The second-order valence-corrected chi connectivity index (χ2v) is 11.0. The highest BCUT2D eigenvalue weighted by molar-refractivity contribution is 5.38. The lowest BCUT2D eigenvalue weighted by Gasteiger charge is -2.40. The van der Waals surface area contributed by atoms with E-state index in [0.29, 0.717) is 24.9 Å². The number of hydrogen-bond donors (Lipinski definition) is 1. The molecular weight excluding hydrogens is 444 g/mol. The molecular formula is C28H44N2O5. The maximum atomic E-state index is 10.6. The minimum Gasteiger partial charge on any atom is -0.508 e. The van der Waals surface area contributed by atoms with Crippen molar-refractivity contribution in [2.45, 2.75) is 101 Å². The molecule has 1 aromatic carbocycles. The van der Waals surface area contributed by atoms with Crippen molar-refractivity contribution in [2.75, 3.05) is 39.4 Å². The minimum atomic E-state index is -0.799. The number of likely N-dealkylation sites (tertiary alicyclic amines) is 2.